The van der Waals surface area contributed by atoms with E-state index in [4.69, 9.17) is 5.26 Å². The van der Waals surface area contributed by atoms with Gasteiger partial charge in [-0.05, 0) is 18.6 Å². The molecule has 2 saturated heterocycles. The number of rotatable bonds is 2. The van der Waals surface area contributed by atoms with E-state index in [1.165, 1.54) is 6.07 Å². The molecule has 0 spiro atoms. The van der Waals surface area contributed by atoms with Crippen molar-refractivity contribution in [2.24, 2.45) is 0 Å². The maximum Gasteiger partial charge on any atom is 0.222 e. The van der Waals surface area contributed by atoms with Crippen molar-refractivity contribution in [2.75, 3.05) is 19.6 Å². The summed E-state index contributed by atoms with van der Waals surface area (Å²) in [5.74, 6) is -0.0758. The van der Waals surface area contributed by atoms with Crippen LogP contribution in [0, 0.1) is 17.1 Å². The van der Waals surface area contributed by atoms with Crippen LogP contribution in [0.2, 0.25) is 0 Å². The van der Waals surface area contributed by atoms with E-state index in [9.17, 15) is 9.18 Å². The van der Waals surface area contributed by atoms with Crippen LogP contribution in [-0.4, -0.2) is 41.4 Å². The molecule has 0 aromatic heterocycles. The lowest BCUT2D eigenvalue weighted by molar-refractivity contribution is -0.130. The summed E-state index contributed by atoms with van der Waals surface area (Å²) < 4.78 is 13.9. The Morgan fingerprint density at radius 3 is 3.00 bits per heavy atom. The van der Waals surface area contributed by atoms with Crippen molar-refractivity contribution < 1.29 is 9.18 Å². The highest BCUT2D eigenvalue weighted by Crippen LogP contribution is 2.24. The fourth-order valence-corrected chi connectivity index (χ4v) is 3.06. The van der Waals surface area contributed by atoms with Crippen LogP contribution in [0.4, 0.5) is 4.39 Å². The monoisotopic (exact) mass is 273 g/mol. The molecule has 20 heavy (non-hydrogen) atoms. The van der Waals surface area contributed by atoms with Crippen LogP contribution in [0.15, 0.2) is 18.2 Å². The molecule has 104 valence electrons. The number of piperazine rings is 1. The summed E-state index contributed by atoms with van der Waals surface area (Å²) in [6, 6.07) is 6.84. The number of benzene rings is 1. The lowest BCUT2D eigenvalue weighted by atomic mass is 10.1. The van der Waals surface area contributed by atoms with Crippen LogP contribution >= 0.6 is 0 Å². The van der Waals surface area contributed by atoms with E-state index in [-0.39, 0.29) is 17.8 Å². The molecule has 1 aromatic carbocycles. The third kappa shape index (κ3) is 2.39. The number of nitrogens with zero attached hydrogens (tertiary/aromatic N) is 3. The minimum Gasteiger partial charge on any atom is -0.337 e. The van der Waals surface area contributed by atoms with Gasteiger partial charge in [0.2, 0.25) is 5.91 Å². The summed E-state index contributed by atoms with van der Waals surface area (Å²) in [5, 5.41) is 8.74. The molecular weight excluding hydrogens is 257 g/mol. The number of hydrogen-bond acceptors (Lipinski definition) is 3. The highest BCUT2D eigenvalue weighted by Gasteiger charge is 2.35. The van der Waals surface area contributed by atoms with Crippen molar-refractivity contribution in [1.29, 1.82) is 5.26 Å². The molecular formula is C15H16FN3O. The zero-order valence-electron chi connectivity index (χ0n) is 11.2. The zero-order chi connectivity index (χ0) is 14.1. The van der Waals surface area contributed by atoms with Crippen LogP contribution in [-0.2, 0) is 11.3 Å². The maximum atomic E-state index is 13.9. The van der Waals surface area contributed by atoms with Crippen LogP contribution in [0.3, 0.4) is 0 Å². The zero-order valence-corrected chi connectivity index (χ0v) is 11.2. The lowest BCUT2D eigenvalue weighted by Crippen LogP contribution is -2.51. The highest BCUT2D eigenvalue weighted by atomic mass is 19.1. The van der Waals surface area contributed by atoms with Gasteiger partial charge in [0.1, 0.15) is 5.82 Å². The van der Waals surface area contributed by atoms with E-state index in [0.29, 0.717) is 24.1 Å². The van der Waals surface area contributed by atoms with Gasteiger partial charge in [0, 0.05) is 44.2 Å². The standard InChI is InChI=1S/C15H16FN3O/c16-14-7-11(8-17)1-2-12(14)9-18-5-6-19-13(10-18)3-4-15(19)20/h1-2,7,13H,3-6,9-10H2. The number of fused-ring (bicyclic) bond motifs is 1. The molecule has 5 heteroatoms. The summed E-state index contributed by atoms with van der Waals surface area (Å²) in [6.45, 7) is 2.87. The van der Waals surface area contributed by atoms with Gasteiger partial charge in [-0.25, -0.2) is 4.39 Å². The van der Waals surface area contributed by atoms with Crippen LogP contribution < -0.4 is 0 Å². The lowest BCUT2D eigenvalue weighted by Gasteiger charge is -2.37. The van der Waals surface area contributed by atoms with E-state index < -0.39 is 0 Å². The number of halogens is 1. The number of hydrogen-bond donors (Lipinski definition) is 0. The molecule has 2 aliphatic rings. The van der Waals surface area contributed by atoms with Gasteiger partial charge < -0.3 is 4.90 Å². The molecule has 0 N–H and O–H groups in total. The fourth-order valence-electron chi connectivity index (χ4n) is 3.06. The second-order valence-electron chi connectivity index (χ2n) is 5.43. The van der Waals surface area contributed by atoms with Crippen LogP contribution in [0.5, 0.6) is 0 Å². The quantitative estimate of drug-likeness (QED) is 0.820. The molecule has 2 aliphatic heterocycles. The Morgan fingerprint density at radius 1 is 1.40 bits per heavy atom. The van der Waals surface area contributed by atoms with Crippen molar-refractivity contribution in [3.8, 4) is 6.07 Å². The first-order chi connectivity index (χ1) is 9.67. The van der Waals surface area contributed by atoms with Crippen molar-refractivity contribution in [2.45, 2.75) is 25.4 Å². The first-order valence-corrected chi connectivity index (χ1v) is 6.88. The average Bonchev–Trinajstić information content (AvgIpc) is 2.82. The predicted octanol–water partition coefficient (Wildman–Crippen LogP) is 1.50. The van der Waals surface area contributed by atoms with Gasteiger partial charge in [-0.3, -0.25) is 9.69 Å². The predicted molar refractivity (Wildman–Crippen MR) is 71.1 cm³/mol. The van der Waals surface area contributed by atoms with Gasteiger partial charge in [0.25, 0.3) is 0 Å². The van der Waals surface area contributed by atoms with Crippen LogP contribution in [0.25, 0.3) is 0 Å². The van der Waals surface area contributed by atoms with Gasteiger partial charge >= 0.3 is 0 Å². The van der Waals surface area contributed by atoms with E-state index >= 15 is 0 Å². The Bertz CT molecular complexity index is 581. The summed E-state index contributed by atoms with van der Waals surface area (Å²) >= 11 is 0. The minimum absolute atomic E-state index is 0.249. The van der Waals surface area contributed by atoms with Gasteiger partial charge in [-0.1, -0.05) is 6.07 Å². The molecule has 0 saturated carbocycles. The van der Waals surface area contributed by atoms with E-state index in [0.717, 1.165) is 26.1 Å². The van der Waals surface area contributed by atoms with Gasteiger partial charge in [0.15, 0.2) is 0 Å². The second kappa shape index (κ2) is 5.22. The third-order valence-electron chi connectivity index (χ3n) is 4.15. The molecule has 1 atom stereocenters. The second-order valence-corrected chi connectivity index (χ2v) is 5.43. The Labute approximate surface area is 117 Å². The number of nitriles is 1. The van der Waals surface area contributed by atoms with Crippen LogP contribution in [0.1, 0.15) is 24.0 Å². The van der Waals surface area contributed by atoms with Crippen molar-refractivity contribution in [3.05, 3.63) is 35.1 Å². The first kappa shape index (κ1) is 13.1. The molecule has 2 fully saturated rings. The Hall–Kier alpha value is -1.93. The Morgan fingerprint density at radius 2 is 2.25 bits per heavy atom. The van der Waals surface area contributed by atoms with E-state index in [1.807, 2.05) is 11.0 Å². The number of carbonyl (C=O) groups excluding carboxylic acids is 1. The Balaban J connectivity index is 1.67. The van der Waals surface area contributed by atoms with Crippen molar-refractivity contribution >= 4 is 5.91 Å². The molecule has 1 unspecified atom stereocenters. The minimum atomic E-state index is -0.325. The molecule has 0 radical (unpaired) electrons. The fraction of sp³-hybridized carbons (Fsp3) is 0.467. The number of carbonyl (C=O) groups is 1. The van der Waals surface area contributed by atoms with Crippen molar-refractivity contribution in [3.63, 3.8) is 0 Å². The van der Waals surface area contributed by atoms with Gasteiger partial charge in [0.05, 0.1) is 11.6 Å². The maximum absolute atomic E-state index is 13.9. The summed E-state index contributed by atoms with van der Waals surface area (Å²) in [6.07, 6.45) is 1.55. The van der Waals surface area contributed by atoms with Crippen molar-refractivity contribution in [1.82, 2.24) is 9.80 Å². The Kier molecular flexibility index (Phi) is 3.41. The summed E-state index contributed by atoms with van der Waals surface area (Å²) in [7, 11) is 0. The van der Waals surface area contributed by atoms with Gasteiger partial charge in [-0.15, -0.1) is 0 Å². The molecule has 1 amide bonds. The van der Waals surface area contributed by atoms with E-state index in [2.05, 4.69) is 4.90 Å². The average molecular weight is 273 g/mol. The smallest absolute Gasteiger partial charge is 0.222 e. The topological polar surface area (TPSA) is 47.3 Å². The molecule has 0 aliphatic carbocycles. The molecule has 4 nitrogen and oxygen atoms in total. The highest BCUT2D eigenvalue weighted by molar-refractivity contribution is 5.78. The van der Waals surface area contributed by atoms with E-state index in [1.54, 1.807) is 12.1 Å². The molecule has 2 heterocycles. The molecule has 1 aromatic rings. The first-order valence-electron chi connectivity index (χ1n) is 6.88. The summed E-state index contributed by atoms with van der Waals surface area (Å²) in [4.78, 5) is 15.7. The molecule has 3 rings (SSSR count). The third-order valence-corrected chi connectivity index (χ3v) is 4.15. The van der Waals surface area contributed by atoms with Gasteiger partial charge in [-0.2, -0.15) is 5.26 Å². The largest absolute Gasteiger partial charge is 0.337 e. The number of amides is 1. The summed E-state index contributed by atoms with van der Waals surface area (Å²) in [5.41, 5.74) is 0.958. The molecule has 0 bridgehead atoms. The normalized spacial score (nSPS) is 22.7. The SMILES string of the molecule is N#Cc1ccc(CN2CCN3C(=O)CCC3C2)c(F)c1.